The van der Waals surface area contributed by atoms with Crippen LogP contribution < -0.4 is 20.7 Å². The highest BCUT2D eigenvalue weighted by Crippen LogP contribution is 2.23. The van der Waals surface area contributed by atoms with E-state index in [1.165, 1.54) is 0 Å². The Balaban J connectivity index is 1.67. The van der Waals surface area contributed by atoms with Gasteiger partial charge in [-0.2, -0.15) is 0 Å². The van der Waals surface area contributed by atoms with Gasteiger partial charge >= 0.3 is 0 Å². The fraction of sp³-hybridized carbons (Fsp3) is 0.344. The van der Waals surface area contributed by atoms with Crippen LogP contribution in [0, 0.1) is 0 Å². The molecule has 214 valence electrons. The highest BCUT2D eigenvalue weighted by atomic mass is 19.1. The van der Waals surface area contributed by atoms with E-state index in [9.17, 15) is 4.39 Å². The molecule has 1 heterocycles. The van der Waals surface area contributed by atoms with E-state index in [0.717, 1.165) is 54.4 Å². The topological polar surface area (TPSA) is 70.2 Å². The zero-order valence-corrected chi connectivity index (χ0v) is 24.1. The standard InChI is InChI=1S/C32H42FN5O2/c1-7-23(3)32(37-27-14-12-26(13-15-27)36-29-16-18-38(22-29)19-17-33)34-21-31(39-6)25(5)40-30-11-9-10-28(20-30)35-24(4)8-2/h8-15,20-21,29,35-37H,2,4,7,16-19,22H2,1,3,5-6H3/b31-25-,32-23-,34-21+. The minimum absolute atomic E-state index is 0.296. The molecule has 3 N–H and O–H groups in total. The second kappa shape index (κ2) is 15.5. The number of halogens is 1. The fourth-order valence-corrected chi connectivity index (χ4v) is 4.22. The lowest BCUT2D eigenvalue weighted by atomic mass is 10.2. The number of anilines is 3. The molecule has 0 radical (unpaired) electrons. The number of hydrogen-bond donors (Lipinski definition) is 3. The second-order valence-electron chi connectivity index (χ2n) is 9.67. The summed E-state index contributed by atoms with van der Waals surface area (Å²) >= 11 is 0. The van der Waals surface area contributed by atoms with Gasteiger partial charge in [-0.25, -0.2) is 9.38 Å². The molecule has 7 nitrogen and oxygen atoms in total. The minimum Gasteiger partial charge on any atom is -0.492 e. The molecule has 0 bridgehead atoms. The van der Waals surface area contributed by atoms with Crippen molar-refractivity contribution in [1.29, 1.82) is 0 Å². The maximum Gasteiger partial charge on any atom is 0.175 e. The Morgan fingerprint density at radius 3 is 2.55 bits per heavy atom. The number of methoxy groups -OCH3 is 1. The minimum atomic E-state index is -0.296. The number of nitrogens with zero attached hydrogens (tertiary/aromatic N) is 2. The fourth-order valence-electron chi connectivity index (χ4n) is 4.22. The van der Waals surface area contributed by atoms with E-state index < -0.39 is 0 Å². The molecule has 0 aromatic heterocycles. The molecule has 8 heteroatoms. The summed E-state index contributed by atoms with van der Waals surface area (Å²) in [4.78, 5) is 6.87. The van der Waals surface area contributed by atoms with Crippen LogP contribution in [0.25, 0.3) is 0 Å². The van der Waals surface area contributed by atoms with Crippen molar-refractivity contribution in [3.05, 3.63) is 96.4 Å². The van der Waals surface area contributed by atoms with E-state index in [2.05, 4.69) is 53.1 Å². The van der Waals surface area contributed by atoms with Gasteiger partial charge in [0.25, 0.3) is 0 Å². The number of alkyl halides is 1. The van der Waals surface area contributed by atoms with Crippen LogP contribution in [0.1, 0.15) is 33.6 Å². The van der Waals surface area contributed by atoms with Crippen LogP contribution in [0.3, 0.4) is 0 Å². The van der Waals surface area contributed by atoms with Crippen LogP contribution in [-0.4, -0.2) is 50.6 Å². The van der Waals surface area contributed by atoms with Crippen LogP contribution >= 0.6 is 0 Å². The Hall–Kier alpha value is -4.04. The molecule has 1 fully saturated rings. The van der Waals surface area contributed by atoms with E-state index in [1.807, 2.05) is 50.2 Å². The van der Waals surface area contributed by atoms with Crippen molar-refractivity contribution in [2.24, 2.45) is 4.99 Å². The predicted molar refractivity (Wildman–Crippen MR) is 166 cm³/mol. The zero-order chi connectivity index (χ0) is 28.9. The van der Waals surface area contributed by atoms with Crippen molar-refractivity contribution in [2.45, 2.75) is 39.7 Å². The van der Waals surface area contributed by atoms with E-state index in [0.29, 0.717) is 35.6 Å². The molecule has 40 heavy (non-hydrogen) atoms. The molecule has 0 saturated carbocycles. The average molecular weight is 548 g/mol. The quantitative estimate of drug-likeness (QED) is 0.123. The molecule has 1 unspecified atom stereocenters. The second-order valence-corrected chi connectivity index (χ2v) is 9.67. The molecule has 1 atom stereocenters. The Labute approximate surface area is 238 Å². The van der Waals surface area contributed by atoms with Crippen LogP contribution in [0.4, 0.5) is 21.5 Å². The summed E-state index contributed by atoms with van der Waals surface area (Å²) in [7, 11) is 1.59. The summed E-state index contributed by atoms with van der Waals surface area (Å²) in [6.07, 6.45) is 5.18. The molecule has 1 aliphatic rings. The lowest BCUT2D eigenvalue weighted by molar-refractivity contribution is 0.284. The molecule has 1 saturated heterocycles. The van der Waals surface area contributed by atoms with E-state index in [4.69, 9.17) is 14.5 Å². The van der Waals surface area contributed by atoms with Gasteiger partial charge in [0.15, 0.2) is 5.76 Å². The van der Waals surface area contributed by atoms with Gasteiger partial charge < -0.3 is 25.4 Å². The summed E-state index contributed by atoms with van der Waals surface area (Å²) in [5.74, 6) is 2.49. The number of allylic oxidation sites excluding steroid dienone is 4. The number of nitrogens with one attached hydrogen (secondary N) is 3. The van der Waals surface area contributed by atoms with Crippen molar-refractivity contribution in [3.8, 4) is 5.75 Å². The van der Waals surface area contributed by atoms with Crippen LogP contribution in [0.2, 0.25) is 0 Å². The van der Waals surface area contributed by atoms with Crippen LogP contribution in [0.5, 0.6) is 5.75 Å². The highest BCUT2D eigenvalue weighted by Gasteiger charge is 2.21. The summed E-state index contributed by atoms with van der Waals surface area (Å²) in [6, 6.07) is 16.1. The van der Waals surface area contributed by atoms with Crippen molar-refractivity contribution in [3.63, 3.8) is 0 Å². The third-order valence-electron chi connectivity index (χ3n) is 6.66. The van der Waals surface area contributed by atoms with Gasteiger partial charge in [0.2, 0.25) is 0 Å². The van der Waals surface area contributed by atoms with Gasteiger partial charge in [0.1, 0.15) is 24.0 Å². The molecule has 0 spiro atoms. The van der Waals surface area contributed by atoms with Gasteiger partial charge in [0, 0.05) is 54.5 Å². The van der Waals surface area contributed by atoms with Gasteiger partial charge in [0.05, 0.1) is 13.3 Å². The van der Waals surface area contributed by atoms with Crippen molar-refractivity contribution < 1.29 is 13.9 Å². The normalized spacial score (nSPS) is 16.7. The first kappa shape index (κ1) is 30.5. The van der Waals surface area contributed by atoms with Crippen LogP contribution in [-0.2, 0) is 4.74 Å². The first-order chi connectivity index (χ1) is 19.3. The van der Waals surface area contributed by atoms with E-state index in [-0.39, 0.29) is 6.67 Å². The van der Waals surface area contributed by atoms with Gasteiger partial charge in [-0.15, -0.1) is 0 Å². The number of likely N-dealkylation sites (tertiary alicyclic amines) is 1. The average Bonchev–Trinajstić information content (AvgIpc) is 3.40. The molecule has 0 aliphatic carbocycles. The van der Waals surface area contributed by atoms with Crippen molar-refractivity contribution in [1.82, 2.24) is 4.90 Å². The first-order valence-electron chi connectivity index (χ1n) is 13.6. The summed E-state index contributed by atoms with van der Waals surface area (Å²) in [5.41, 5.74) is 4.63. The van der Waals surface area contributed by atoms with Gasteiger partial charge in [-0.3, -0.25) is 4.90 Å². The maximum absolute atomic E-state index is 12.6. The number of hydrogen-bond acceptors (Lipinski definition) is 7. The predicted octanol–water partition coefficient (Wildman–Crippen LogP) is 7.34. The van der Waals surface area contributed by atoms with Gasteiger partial charge in [-0.1, -0.05) is 26.1 Å². The number of benzene rings is 2. The SMILES string of the molecule is C=CC(=C)Nc1cccc(O/C(C)=C(/C=N/C(Nc2ccc(NC3CCN(CCF)C3)cc2)=C(\C)CC)OC)c1. The van der Waals surface area contributed by atoms with E-state index >= 15 is 0 Å². The molecular formula is C32H42FN5O2. The van der Waals surface area contributed by atoms with Crippen LogP contribution in [0.15, 0.2) is 101 Å². The summed E-state index contributed by atoms with van der Waals surface area (Å²) in [5, 5.41) is 10.2. The Morgan fingerprint density at radius 2 is 1.88 bits per heavy atom. The number of rotatable bonds is 15. The van der Waals surface area contributed by atoms with Crippen molar-refractivity contribution in [2.75, 3.05) is 49.4 Å². The molecule has 3 rings (SSSR count). The highest BCUT2D eigenvalue weighted by molar-refractivity contribution is 5.78. The smallest absolute Gasteiger partial charge is 0.175 e. The lowest BCUT2D eigenvalue weighted by Gasteiger charge is -2.17. The monoisotopic (exact) mass is 547 g/mol. The van der Waals surface area contributed by atoms with E-state index in [1.54, 1.807) is 19.4 Å². The largest absolute Gasteiger partial charge is 0.492 e. The third kappa shape index (κ3) is 9.31. The number of ether oxygens (including phenoxy) is 2. The Kier molecular flexibility index (Phi) is 11.8. The Morgan fingerprint density at radius 1 is 1.12 bits per heavy atom. The van der Waals surface area contributed by atoms with Gasteiger partial charge in [-0.05, 0) is 74.7 Å². The molecule has 0 amide bonds. The number of aliphatic imine (C=N–C) groups is 1. The molecule has 2 aromatic rings. The molecular weight excluding hydrogens is 505 g/mol. The third-order valence-corrected chi connectivity index (χ3v) is 6.66. The zero-order valence-electron chi connectivity index (χ0n) is 24.1. The molecule has 2 aromatic carbocycles. The summed E-state index contributed by atoms with van der Waals surface area (Å²) in [6.45, 7) is 15.6. The first-order valence-corrected chi connectivity index (χ1v) is 13.6. The Bertz CT molecular complexity index is 1240. The van der Waals surface area contributed by atoms with Crippen molar-refractivity contribution >= 4 is 23.3 Å². The summed E-state index contributed by atoms with van der Waals surface area (Å²) < 4.78 is 24.3. The molecule has 1 aliphatic heterocycles. The maximum atomic E-state index is 12.6. The lowest BCUT2D eigenvalue weighted by Crippen LogP contribution is -2.27.